The minimum Gasteiger partial charge on any atom is -0.339 e. The molecule has 1 aliphatic rings. The Hall–Kier alpha value is -2.53. The molecule has 6 heteroatoms. The van der Waals surface area contributed by atoms with Gasteiger partial charge in [-0.2, -0.15) is 0 Å². The van der Waals surface area contributed by atoms with E-state index in [1.165, 1.54) is 6.92 Å². The van der Waals surface area contributed by atoms with E-state index < -0.39 is 17.7 Å². The van der Waals surface area contributed by atoms with E-state index in [1.807, 2.05) is 50.3 Å². The first-order chi connectivity index (χ1) is 13.3. The Labute approximate surface area is 170 Å². The van der Waals surface area contributed by atoms with Gasteiger partial charge in [0.2, 0.25) is 0 Å². The lowest BCUT2D eigenvalue weighted by atomic mass is 9.87. The molecule has 0 fully saturated rings. The molecule has 148 valence electrons. The number of halogens is 1. The lowest BCUT2D eigenvalue weighted by molar-refractivity contribution is -0.137. The van der Waals surface area contributed by atoms with Crippen molar-refractivity contribution in [2.75, 3.05) is 0 Å². The maximum atomic E-state index is 13.0. The summed E-state index contributed by atoms with van der Waals surface area (Å²) >= 11 is 6.32. The van der Waals surface area contributed by atoms with Crippen LogP contribution in [0.2, 0.25) is 5.02 Å². The molecule has 0 N–H and O–H groups in total. The third-order valence-corrected chi connectivity index (χ3v) is 5.34. The Morgan fingerprint density at radius 1 is 1.07 bits per heavy atom. The zero-order valence-electron chi connectivity index (χ0n) is 16.2. The van der Waals surface area contributed by atoms with E-state index in [4.69, 9.17) is 11.6 Å². The van der Waals surface area contributed by atoms with Crippen molar-refractivity contribution in [1.82, 2.24) is 4.90 Å². The number of nitrogens with zero attached hydrogens (tertiary/aromatic N) is 1. The predicted molar refractivity (Wildman–Crippen MR) is 108 cm³/mol. The van der Waals surface area contributed by atoms with Gasteiger partial charge in [-0.15, -0.1) is 0 Å². The van der Waals surface area contributed by atoms with Crippen molar-refractivity contribution in [2.24, 2.45) is 5.92 Å². The van der Waals surface area contributed by atoms with Crippen LogP contribution in [0.5, 0.6) is 0 Å². The molecule has 0 saturated carbocycles. The van der Waals surface area contributed by atoms with Crippen LogP contribution in [0.15, 0.2) is 47.8 Å². The van der Waals surface area contributed by atoms with Gasteiger partial charge in [-0.05, 0) is 32.4 Å². The Kier molecular flexibility index (Phi) is 7.46. The summed E-state index contributed by atoms with van der Waals surface area (Å²) in [5.74, 6) is -1.88. The molecule has 1 aromatic carbocycles. The summed E-state index contributed by atoms with van der Waals surface area (Å²) < 4.78 is 0. The Bertz CT molecular complexity index is 823. The van der Waals surface area contributed by atoms with Crippen molar-refractivity contribution >= 4 is 35.7 Å². The van der Waals surface area contributed by atoms with Gasteiger partial charge < -0.3 is 14.5 Å². The van der Waals surface area contributed by atoms with Crippen LogP contribution in [0.3, 0.4) is 0 Å². The molecule has 1 heterocycles. The zero-order chi connectivity index (χ0) is 20.8. The number of hydrogen-bond donors (Lipinski definition) is 0. The molecule has 2 atom stereocenters. The number of ketones is 2. The number of Topliss-reactive ketones (excluding diaryl/α,β-unsaturated/α-hetero) is 2. The van der Waals surface area contributed by atoms with Gasteiger partial charge >= 0.3 is 0 Å². The highest BCUT2D eigenvalue weighted by Gasteiger charge is 2.35. The quantitative estimate of drug-likeness (QED) is 0.464. The minimum atomic E-state index is -1.04. The summed E-state index contributed by atoms with van der Waals surface area (Å²) in [5, 5.41) is 0.650. The standard InChI is InChI=1S/C22H24ClNO4/c1-14-12-17(19-6-4-5-7-20(19)23)13-15(2)24(14)21(9-11-26)22(28)18(8-10-25)16(3)27/h4-7,10-13,17-18,21H,8-9H2,1-3H3. The van der Waals surface area contributed by atoms with E-state index in [1.54, 1.807) is 4.90 Å². The number of allylic oxidation sites excluding steroid dienone is 4. The fourth-order valence-electron chi connectivity index (χ4n) is 3.67. The fraction of sp³-hybridized carbons (Fsp3) is 0.364. The maximum absolute atomic E-state index is 13.0. The normalized spacial score (nSPS) is 16.6. The van der Waals surface area contributed by atoms with Crippen LogP contribution in [0.25, 0.3) is 0 Å². The first-order valence-electron chi connectivity index (χ1n) is 9.13. The summed E-state index contributed by atoms with van der Waals surface area (Å²) in [7, 11) is 0. The van der Waals surface area contributed by atoms with Crippen molar-refractivity contribution in [3.8, 4) is 0 Å². The monoisotopic (exact) mass is 401 g/mol. The molecule has 1 aromatic rings. The second-order valence-electron chi connectivity index (χ2n) is 6.92. The SMILES string of the molecule is CC(=O)C(CC=O)C(=O)C(CC=O)N1C(C)=CC(c2ccccc2Cl)C=C1C. The van der Waals surface area contributed by atoms with Crippen LogP contribution < -0.4 is 0 Å². The van der Waals surface area contributed by atoms with Crippen molar-refractivity contribution < 1.29 is 19.2 Å². The number of rotatable bonds is 9. The molecule has 2 rings (SSSR count). The van der Waals surface area contributed by atoms with E-state index >= 15 is 0 Å². The third kappa shape index (κ3) is 4.65. The zero-order valence-corrected chi connectivity index (χ0v) is 17.0. The van der Waals surface area contributed by atoms with Gasteiger partial charge in [-0.3, -0.25) is 9.59 Å². The number of hydrogen-bond acceptors (Lipinski definition) is 5. The van der Waals surface area contributed by atoms with Crippen LogP contribution >= 0.6 is 11.6 Å². The molecule has 0 bridgehead atoms. The minimum absolute atomic E-state index is 0.0597. The largest absolute Gasteiger partial charge is 0.339 e. The summed E-state index contributed by atoms with van der Waals surface area (Å²) in [4.78, 5) is 48.8. The van der Waals surface area contributed by atoms with Crippen LogP contribution in [0.4, 0.5) is 0 Å². The molecular weight excluding hydrogens is 378 g/mol. The third-order valence-electron chi connectivity index (χ3n) is 4.99. The number of benzene rings is 1. The number of carbonyl (C=O) groups is 4. The maximum Gasteiger partial charge on any atom is 0.166 e. The van der Waals surface area contributed by atoms with Gasteiger partial charge in [-0.1, -0.05) is 42.0 Å². The summed E-state index contributed by atoms with van der Waals surface area (Å²) in [6.07, 6.45) is 4.95. The van der Waals surface area contributed by atoms with Crippen LogP contribution in [-0.4, -0.2) is 35.1 Å². The van der Waals surface area contributed by atoms with E-state index in [9.17, 15) is 19.2 Å². The van der Waals surface area contributed by atoms with Crippen LogP contribution in [0.1, 0.15) is 45.1 Å². The Morgan fingerprint density at radius 2 is 1.64 bits per heavy atom. The lowest BCUT2D eigenvalue weighted by Crippen LogP contribution is -2.45. The average molecular weight is 402 g/mol. The molecule has 0 aliphatic carbocycles. The molecule has 0 aromatic heterocycles. The highest BCUT2D eigenvalue weighted by molar-refractivity contribution is 6.31. The smallest absolute Gasteiger partial charge is 0.166 e. The van der Waals surface area contributed by atoms with Gasteiger partial charge in [0.15, 0.2) is 5.78 Å². The molecule has 28 heavy (non-hydrogen) atoms. The topological polar surface area (TPSA) is 71.5 Å². The molecule has 2 unspecified atom stereocenters. The number of aldehydes is 2. The van der Waals surface area contributed by atoms with Gasteiger partial charge in [0.25, 0.3) is 0 Å². The molecule has 5 nitrogen and oxygen atoms in total. The van der Waals surface area contributed by atoms with Gasteiger partial charge in [0, 0.05) is 35.2 Å². The van der Waals surface area contributed by atoms with Crippen molar-refractivity contribution in [1.29, 1.82) is 0 Å². The van der Waals surface area contributed by atoms with E-state index in [0.29, 0.717) is 17.6 Å². The predicted octanol–water partition coefficient (Wildman–Crippen LogP) is 3.87. The summed E-state index contributed by atoms with van der Waals surface area (Å²) in [5.41, 5.74) is 2.53. The first-order valence-corrected chi connectivity index (χ1v) is 9.51. The van der Waals surface area contributed by atoms with E-state index in [2.05, 4.69) is 0 Å². The van der Waals surface area contributed by atoms with E-state index in [0.717, 1.165) is 17.0 Å². The molecular formula is C22H24ClNO4. The molecule has 0 amide bonds. The first kappa shape index (κ1) is 21.8. The van der Waals surface area contributed by atoms with Crippen molar-refractivity contribution in [2.45, 2.75) is 45.6 Å². The average Bonchev–Trinajstić information content (AvgIpc) is 2.64. The van der Waals surface area contributed by atoms with Crippen LogP contribution in [0, 0.1) is 5.92 Å². The molecule has 0 saturated heterocycles. The van der Waals surface area contributed by atoms with E-state index in [-0.39, 0.29) is 24.5 Å². The summed E-state index contributed by atoms with van der Waals surface area (Å²) in [6.45, 7) is 5.00. The Balaban J connectivity index is 2.39. The highest BCUT2D eigenvalue weighted by Crippen LogP contribution is 2.35. The summed E-state index contributed by atoms with van der Waals surface area (Å²) in [6, 6.07) is 6.72. The van der Waals surface area contributed by atoms with Gasteiger partial charge in [0.1, 0.15) is 18.4 Å². The second-order valence-corrected chi connectivity index (χ2v) is 7.33. The van der Waals surface area contributed by atoms with Crippen molar-refractivity contribution in [3.63, 3.8) is 0 Å². The molecule has 0 spiro atoms. The van der Waals surface area contributed by atoms with Crippen molar-refractivity contribution in [3.05, 3.63) is 58.4 Å². The second kappa shape index (κ2) is 9.60. The Morgan fingerprint density at radius 3 is 2.14 bits per heavy atom. The van der Waals surface area contributed by atoms with Gasteiger partial charge in [0.05, 0.1) is 12.0 Å². The highest BCUT2D eigenvalue weighted by atomic mass is 35.5. The number of carbonyl (C=O) groups excluding carboxylic acids is 4. The molecule has 1 aliphatic heterocycles. The van der Waals surface area contributed by atoms with Crippen LogP contribution in [-0.2, 0) is 19.2 Å². The van der Waals surface area contributed by atoms with Gasteiger partial charge in [-0.25, -0.2) is 0 Å². The molecule has 0 radical (unpaired) electrons. The lowest BCUT2D eigenvalue weighted by Gasteiger charge is -2.38. The fourth-order valence-corrected chi connectivity index (χ4v) is 3.94.